The number of anilines is 1. The second kappa shape index (κ2) is 4.89. The fraction of sp³-hybridized carbons (Fsp3) is 0.0769. The van der Waals surface area contributed by atoms with Crippen LogP contribution in [0.3, 0.4) is 0 Å². The normalized spacial score (nSPS) is 11.3. The monoisotopic (exact) mass is 281 g/mol. The zero-order valence-corrected chi connectivity index (χ0v) is 10.9. The van der Waals surface area contributed by atoms with Crippen molar-refractivity contribution in [1.82, 2.24) is 0 Å². The lowest BCUT2D eigenvalue weighted by Gasteiger charge is -2.19. The summed E-state index contributed by atoms with van der Waals surface area (Å²) in [5.41, 5.74) is 0.356. The molecular weight excluding hydrogens is 269 g/mol. The third kappa shape index (κ3) is 2.68. The number of rotatable bonds is 3. The second-order valence-electron chi connectivity index (χ2n) is 3.94. The van der Waals surface area contributed by atoms with Gasteiger partial charge in [-0.25, -0.2) is 12.8 Å². The molecule has 0 aromatic heterocycles. The summed E-state index contributed by atoms with van der Waals surface area (Å²) < 4.78 is 38.4. The van der Waals surface area contributed by atoms with E-state index < -0.39 is 15.8 Å². The van der Waals surface area contributed by atoms with Crippen LogP contribution in [0.2, 0.25) is 0 Å². The summed E-state index contributed by atoms with van der Waals surface area (Å²) >= 11 is 0. The Kier molecular flexibility index (Phi) is 3.44. The first kappa shape index (κ1) is 13.4. The highest BCUT2D eigenvalue weighted by molar-refractivity contribution is 7.92. The minimum absolute atomic E-state index is 0.0108. The Hall–Kier alpha value is -2.08. The molecule has 0 spiro atoms. The van der Waals surface area contributed by atoms with Gasteiger partial charge in [0, 0.05) is 7.05 Å². The maximum absolute atomic E-state index is 12.8. The fourth-order valence-corrected chi connectivity index (χ4v) is 2.76. The average Bonchev–Trinajstić information content (AvgIpc) is 2.39. The molecule has 0 unspecified atom stereocenters. The molecule has 0 radical (unpaired) electrons. The molecule has 0 saturated heterocycles. The number of nitrogens with zero attached hydrogens (tertiary/aromatic N) is 1. The van der Waals surface area contributed by atoms with Crippen LogP contribution < -0.4 is 4.31 Å². The van der Waals surface area contributed by atoms with E-state index in [1.165, 1.54) is 55.6 Å². The maximum atomic E-state index is 12.8. The van der Waals surface area contributed by atoms with Crippen molar-refractivity contribution in [3.05, 3.63) is 54.3 Å². The van der Waals surface area contributed by atoms with Gasteiger partial charge in [0.05, 0.1) is 10.6 Å². The molecule has 0 aliphatic rings. The SMILES string of the molecule is CN(c1ccc(F)cc1)S(=O)(=O)c1ccc(O)cc1. The van der Waals surface area contributed by atoms with Gasteiger partial charge < -0.3 is 5.11 Å². The van der Waals surface area contributed by atoms with Crippen LogP contribution in [0.4, 0.5) is 10.1 Å². The molecule has 0 saturated carbocycles. The summed E-state index contributed by atoms with van der Waals surface area (Å²) in [6.07, 6.45) is 0. The first-order valence-electron chi connectivity index (χ1n) is 5.45. The Morgan fingerprint density at radius 1 is 1.00 bits per heavy atom. The number of sulfonamides is 1. The van der Waals surface area contributed by atoms with Crippen LogP contribution in [0.1, 0.15) is 0 Å². The number of phenols is 1. The highest BCUT2D eigenvalue weighted by Crippen LogP contribution is 2.23. The first-order valence-corrected chi connectivity index (χ1v) is 6.89. The van der Waals surface area contributed by atoms with Crippen LogP contribution in [-0.2, 0) is 10.0 Å². The number of aromatic hydroxyl groups is 1. The van der Waals surface area contributed by atoms with Gasteiger partial charge in [0.15, 0.2) is 0 Å². The highest BCUT2D eigenvalue weighted by Gasteiger charge is 2.21. The Morgan fingerprint density at radius 2 is 1.53 bits per heavy atom. The molecule has 2 aromatic rings. The van der Waals surface area contributed by atoms with Gasteiger partial charge in [-0.05, 0) is 48.5 Å². The molecule has 1 N–H and O–H groups in total. The lowest BCUT2D eigenvalue weighted by Crippen LogP contribution is -2.26. The van der Waals surface area contributed by atoms with Gasteiger partial charge >= 0.3 is 0 Å². The Morgan fingerprint density at radius 3 is 2.05 bits per heavy atom. The Labute approximate surface area is 110 Å². The zero-order valence-electron chi connectivity index (χ0n) is 10.1. The van der Waals surface area contributed by atoms with Crippen molar-refractivity contribution in [3.8, 4) is 5.75 Å². The van der Waals surface area contributed by atoms with Gasteiger partial charge in [-0.2, -0.15) is 0 Å². The van der Waals surface area contributed by atoms with E-state index >= 15 is 0 Å². The highest BCUT2D eigenvalue weighted by atomic mass is 32.2. The summed E-state index contributed by atoms with van der Waals surface area (Å²) in [5.74, 6) is -0.442. The fourth-order valence-electron chi connectivity index (χ4n) is 1.57. The molecule has 0 bridgehead atoms. The second-order valence-corrected chi connectivity index (χ2v) is 5.91. The number of halogens is 1. The van der Waals surface area contributed by atoms with Gasteiger partial charge in [-0.3, -0.25) is 4.31 Å². The summed E-state index contributed by atoms with van der Waals surface area (Å²) in [6, 6.07) is 10.4. The van der Waals surface area contributed by atoms with Crippen molar-refractivity contribution < 1.29 is 17.9 Å². The van der Waals surface area contributed by atoms with E-state index in [4.69, 9.17) is 5.11 Å². The number of phenolic OH excluding ortho intramolecular Hbond substituents is 1. The lowest BCUT2D eigenvalue weighted by molar-refractivity contribution is 0.475. The predicted octanol–water partition coefficient (Wildman–Crippen LogP) is 2.36. The van der Waals surface area contributed by atoms with Crippen molar-refractivity contribution in [2.45, 2.75) is 4.90 Å². The van der Waals surface area contributed by atoms with Gasteiger partial charge in [0.2, 0.25) is 0 Å². The van der Waals surface area contributed by atoms with E-state index in [2.05, 4.69) is 0 Å². The van der Waals surface area contributed by atoms with Gasteiger partial charge in [-0.15, -0.1) is 0 Å². The molecule has 0 amide bonds. The van der Waals surface area contributed by atoms with Gasteiger partial charge in [0.25, 0.3) is 10.0 Å². The molecule has 6 heteroatoms. The topological polar surface area (TPSA) is 57.6 Å². The molecule has 4 nitrogen and oxygen atoms in total. The van der Waals surface area contributed by atoms with Crippen LogP contribution in [0.25, 0.3) is 0 Å². The van der Waals surface area contributed by atoms with E-state index in [9.17, 15) is 12.8 Å². The molecule has 0 aliphatic heterocycles. The largest absolute Gasteiger partial charge is 0.508 e. The third-order valence-electron chi connectivity index (χ3n) is 2.69. The summed E-state index contributed by atoms with van der Waals surface area (Å²) in [5, 5.41) is 9.16. The van der Waals surface area contributed by atoms with Crippen LogP contribution in [0.15, 0.2) is 53.4 Å². The molecule has 2 aromatic carbocycles. The summed E-state index contributed by atoms with van der Waals surface area (Å²) in [7, 11) is -2.34. The van der Waals surface area contributed by atoms with Crippen molar-refractivity contribution in [2.24, 2.45) is 0 Å². The van der Waals surface area contributed by atoms with Crippen molar-refractivity contribution in [2.75, 3.05) is 11.4 Å². The van der Waals surface area contributed by atoms with Gasteiger partial charge in [0.1, 0.15) is 11.6 Å². The number of hydrogen-bond acceptors (Lipinski definition) is 3. The van der Waals surface area contributed by atoms with E-state index in [-0.39, 0.29) is 10.6 Å². The number of benzene rings is 2. The first-order chi connectivity index (χ1) is 8.91. The minimum atomic E-state index is -3.72. The van der Waals surface area contributed by atoms with Crippen molar-refractivity contribution in [3.63, 3.8) is 0 Å². The van der Waals surface area contributed by atoms with Crippen LogP contribution in [-0.4, -0.2) is 20.6 Å². The molecule has 2 rings (SSSR count). The molecule has 100 valence electrons. The van der Waals surface area contributed by atoms with Crippen LogP contribution in [0, 0.1) is 5.82 Å². The van der Waals surface area contributed by atoms with Crippen LogP contribution >= 0.6 is 0 Å². The molecule has 19 heavy (non-hydrogen) atoms. The summed E-state index contributed by atoms with van der Waals surface area (Å²) in [4.78, 5) is 0.0529. The van der Waals surface area contributed by atoms with Crippen molar-refractivity contribution >= 4 is 15.7 Å². The van der Waals surface area contributed by atoms with Crippen molar-refractivity contribution in [1.29, 1.82) is 0 Å². The van der Waals surface area contributed by atoms with Gasteiger partial charge in [-0.1, -0.05) is 0 Å². The zero-order chi connectivity index (χ0) is 14.0. The van der Waals surface area contributed by atoms with E-state index in [1.807, 2.05) is 0 Å². The Bertz CT molecular complexity index is 666. The van der Waals surface area contributed by atoms with E-state index in [0.29, 0.717) is 5.69 Å². The smallest absolute Gasteiger partial charge is 0.264 e. The minimum Gasteiger partial charge on any atom is -0.508 e. The molecular formula is C13H12FNO3S. The lowest BCUT2D eigenvalue weighted by atomic mass is 10.3. The molecule has 0 fully saturated rings. The standard InChI is InChI=1S/C13H12FNO3S/c1-15(11-4-2-10(14)3-5-11)19(17,18)13-8-6-12(16)7-9-13/h2-9,16H,1H3. The Balaban J connectivity index is 2.39. The summed E-state index contributed by atoms with van der Waals surface area (Å²) in [6.45, 7) is 0. The third-order valence-corrected chi connectivity index (χ3v) is 4.49. The quantitative estimate of drug-likeness (QED) is 0.939. The maximum Gasteiger partial charge on any atom is 0.264 e. The van der Waals surface area contributed by atoms with E-state index in [0.717, 1.165) is 4.31 Å². The predicted molar refractivity (Wildman–Crippen MR) is 70.1 cm³/mol. The van der Waals surface area contributed by atoms with Crippen LogP contribution in [0.5, 0.6) is 5.75 Å². The van der Waals surface area contributed by atoms with E-state index in [1.54, 1.807) is 0 Å². The molecule has 0 atom stereocenters. The average molecular weight is 281 g/mol. The molecule has 0 heterocycles. The molecule has 0 aliphatic carbocycles. The number of hydrogen-bond donors (Lipinski definition) is 1.